The largest absolute Gasteiger partial charge is 0.493 e. The molecule has 3 rings (SSSR count). The molecule has 0 radical (unpaired) electrons. The summed E-state index contributed by atoms with van der Waals surface area (Å²) in [6, 6.07) is 3.97. The van der Waals surface area contributed by atoms with E-state index in [4.69, 9.17) is 21.7 Å². The molecule has 0 unspecified atom stereocenters. The SMILES string of the molecule is COc1cc(/C=C2/C(=O)N(C3CCCCC3)C(=S)N2C)cc(Br)c1OC. The van der Waals surface area contributed by atoms with Gasteiger partial charge in [0.2, 0.25) is 0 Å². The maximum Gasteiger partial charge on any atom is 0.277 e. The number of nitrogens with zero attached hydrogens (tertiary/aromatic N) is 2. The number of likely N-dealkylation sites (N-methyl/N-ethyl adjacent to an activating group) is 1. The van der Waals surface area contributed by atoms with Crippen LogP contribution in [0, 0.1) is 0 Å². The maximum absolute atomic E-state index is 13.1. The molecule has 7 heteroatoms. The molecule has 5 nitrogen and oxygen atoms in total. The van der Waals surface area contributed by atoms with Crippen molar-refractivity contribution < 1.29 is 14.3 Å². The third-order valence-electron chi connectivity index (χ3n) is 4.99. The number of hydrogen-bond acceptors (Lipinski definition) is 4. The number of ether oxygens (including phenoxy) is 2. The smallest absolute Gasteiger partial charge is 0.277 e. The van der Waals surface area contributed by atoms with E-state index in [-0.39, 0.29) is 11.9 Å². The molecule has 0 spiro atoms. The molecular formula is C19H23BrN2O3S. The highest BCUT2D eigenvalue weighted by atomic mass is 79.9. The molecule has 2 aliphatic rings. The van der Waals surface area contributed by atoms with Gasteiger partial charge in [0.25, 0.3) is 5.91 Å². The van der Waals surface area contributed by atoms with E-state index in [1.54, 1.807) is 24.0 Å². The van der Waals surface area contributed by atoms with Crippen molar-refractivity contribution in [2.45, 2.75) is 38.1 Å². The van der Waals surface area contributed by atoms with Crippen LogP contribution in [0.2, 0.25) is 0 Å². The highest BCUT2D eigenvalue weighted by molar-refractivity contribution is 9.10. The van der Waals surface area contributed by atoms with Crippen molar-refractivity contribution in [3.05, 3.63) is 27.9 Å². The Bertz CT molecular complexity index is 759. The summed E-state index contributed by atoms with van der Waals surface area (Å²) >= 11 is 9.06. The van der Waals surface area contributed by atoms with Gasteiger partial charge in [-0.25, -0.2) is 0 Å². The van der Waals surface area contributed by atoms with Gasteiger partial charge >= 0.3 is 0 Å². The van der Waals surface area contributed by atoms with E-state index in [0.29, 0.717) is 22.3 Å². The average molecular weight is 439 g/mol. The van der Waals surface area contributed by atoms with Gasteiger partial charge in [-0.3, -0.25) is 9.69 Å². The summed E-state index contributed by atoms with van der Waals surface area (Å²) in [5.41, 5.74) is 1.43. The van der Waals surface area contributed by atoms with Gasteiger partial charge in [-0.05, 0) is 64.8 Å². The monoisotopic (exact) mass is 438 g/mol. The Hall–Kier alpha value is -1.60. The van der Waals surface area contributed by atoms with Crippen LogP contribution in [-0.2, 0) is 4.79 Å². The molecule has 1 heterocycles. The van der Waals surface area contributed by atoms with Crippen LogP contribution in [0.3, 0.4) is 0 Å². The van der Waals surface area contributed by atoms with Gasteiger partial charge in [0.05, 0.1) is 18.7 Å². The van der Waals surface area contributed by atoms with Crippen LogP contribution in [0.25, 0.3) is 6.08 Å². The van der Waals surface area contributed by atoms with Crippen LogP contribution in [-0.4, -0.2) is 48.1 Å². The van der Waals surface area contributed by atoms with E-state index in [2.05, 4.69) is 15.9 Å². The van der Waals surface area contributed by atoms with Crippen LogP contribution in [0.1, 0.15) is 37.7 Å². The summed E-state index contributed by atoms with van der Waals surface area (Å²) in [4.78, 5) is 16.7. The molecule has 0 N–H and O–H groups in total. The summed E-state index contributed by atoms with van der Waals surface area (Å²) in [6.45, 7) is 0. The average Bonchev–Trinajstić information content (AvgIpc) is 2.85. The molecule has 1 aromatic rings. The van der Waals surface area contributed by atoms with Gasteiger partial charge in [0.15, 0.2) is 16.6 Å². The van der Waals surface area contributed by atoms with Gasteiger partial charge in [-0.2, -0.15) is 0 Å². The zero-order chi connectivity index (χ0) is 18.8. The lowest BCUT2D eigenvalue weighted by Gasteiger charge is -2.30. The van der Waals surface area contributed by atoms with Crippen LogP contribution in [0.4, 0.5) is 0 Å². The third kappa shape index (κ3) is 3.47. The molecule has 0 atom stereocenters. The highest BCUT2D eigenvalue weighted by Crippen LogP contribution is 2.37. The molecule has 1 aliphatic heterocycles. The third-order valence-corrected chi connectivity index (χ3v) is 6.05. The minimum absolute atomic E-state index is 0.0182. The van der Waals surface area contributed by atoms with E-state index in [1.807, 2.05) is 25.3 Å². The van der Waals surface area contributed by atoms with Crippen molar-refractivity contribution in [3.8, 4) is 11.5 Å². The lowest BCUT2D eigenvalue weighted by Crippen LogP contribution is -2.41. The van der Waals surface area contributed by atoms with Gasteiger partial charge < -0.3 is 14.4 Å². The predicted molar refractivity (Wildman–Crippen MR) is 109 cm³/mol. The number of carbonyl (C=O) groups is 1. The first-order valence-corrected chi connectivity index (χ1v) is 9.92. The lowest BCUT2D eigenvalue weighted by atomic mass is 9.94. The van der Waals surface area contributed by atoms with E-state index in [9.17, 15) is 4.79 Å². The summed E-state index contributed by atoms with van der Waals surface area (Å²) in [7, 11) is 5.04. The number of hydrogen-bond donors (Lipinski definition) is 0. The second-order valence-electron chi connectivity index (χ2n) is 6.58. The normalized spacial score (nSPS) is 20.2. The van der Waals surface area contributed by atoms with Gasteiger partial charge in [0.1, 0.15) is 5.70 Å². The number of halogens is 1. The number of benzene rings is 1. The second-order valence-corrected chi connectivity index (χ2v) is 7.80. The quantitative estimate of drug-likeness (QED) is 0.520. The zero-order valence-electron chi connectivity index (χ0n) is 15.3. The fraction of sp³-hybridized carbons (Fsp3) is 0.474. The fourth-order valence-corrected chi connectivity index (χ4v) is 4.57. The Balaban J connectivity index is 1.94. The number of rotatable bonds is 4. The van der Waals surface area contributed by atoms with Crippen LogP contribution in [0.5, 0.6) is 11.5 Å². The minimum Gasteiger partial charge on any atom is -0.493 e. The molecule has 1 amide bonds. The first kappa shape index (κ1) is 19.2. The molecular weight excluding hydrogens is 416 g/mol. The molecule has 2 fully saturated rings. The molecule has 1 saturated heterocycles. The summed E-state index contributed by atoms with van der Waals surface area (Å²) < 4.78 is 11.5. The van der Waals surface area contributed by atoms with Crippen molar-refractivity contribution >= 4 is 45.2 Å². The number of methoxy groups -OCH3 is 2. The highest BCUT2D eigenvalue weighted by Gasteiger charge is 2.40. The first-order valence-electron chi connectivity index (χ1n) is 8.72. The van der Waals surface area contributed by atoms with E-state index < -0.39 is 0 Å². The van der Waals surface area contributed by atoms with Gasteiger partial charge in [-0.1, -0.05) is 19.3 Å². The molecule has 1 saturated carbocycles. The van der Waals surface area contributed by atoms with Crippen LogP contribution < -0.4 is 9.47 Å². The van der Waals surface area contributed by atoms with Crippen LogP contribution in [0.15, 0.2) is 22.3 Å². The molecule has 0 bridgehead atoms. The van der Waals surface area contributed by atoms with E-state index >= 15 is 0 Å². The fourth-order valence-electron chi connectivity index (χ4n) is 3.62. The van der Waals surface area contributed by atoms with Crippen molar-refractivity contribution in [1.29, 1.82) is 0 Å². The molecule has 0 aromatic heterocycles. The summed E-state index contributed by atoms with van der Waals surface area (Å²) in [5.74, 6) is 1.21. The summed E-state index contributed by atoms with van der Waals surface area (Å²) in [5, 5.41) is 0.590. The number of amides is 1. The van der Waals surface area contributed by atoms with Gasteiger partial charge in [0, 0.05) is 13.1 Å². The standard InChI is InChI=1S/C19H23BrN2O3S/c1-21-15(10-12-9-14(20)17(25-3)16(11-12)24-2)18(23)22(19(21)26)13-7-5-4-6-8-13/h9-11,13H,4-8H2,1-3H3/b15-10-. The van der Waals surface area contributed by atoms with Crippen molar-refractivity contribution in [2.24, 2.45) is 0 Å². The Morgan fingerprint density at radius 1 is 1.19 bits per heavy atom. The van der Waals surface area contributed by atoms with E-state index in [1.165, 1.54) is 6.42 Å². The Morgan fingerprint density at radius 3 is 2.50 bits per heavy atom. The van der Waals surface area contributed by atoms with Crippen molar-refractivity contribution in [1.82, 2.24) is 9.80 Å². The number of thiocarbonyl (C=S) groups is 1. The molecule has 1 aliphatic carbocycles. The van der Waals surface area contributed by atoms with Gasteiger partial charge in [-0.15, -0.1) is 0 Å². The lowest BCUT2D eigenvalue weighted by molar-refractivity contribution is -0.124. The van der Waals surface area contributed by atoms with Crippen molar-refractivity contribution in [3.63, 3.8) is 0 Å². The van der Waals surface area contributed by atoms with Crippen LogP contribution >= 0.6 is 28.1 Å². The maximum atomic E-state index is 13.1. The van der Waals surface area contributed by atoms with Crippen molar-refractivity contribution in [2.75, 3.05) is 21.3 Å². The Labute approximate surface area is 168 Å². The Kier molecular flexibility index (Phi) is 5.87. The molecule has 1 aromatic carbocycles. The first-order chi connectivity index (χ1) is 12.5. The van der Waals surface area contributed by atoms with E-state index in [0.717, 1.165) is 35.7 Å². The zero-order valence-corrected chi connectivity index (χ0v) is 17.7. The second kappa shape index (κ2) is 7.96. The summed E-state index contributed by atoms with van der Waals surface area (Å²) in [6.07, 6.45) is 7.45. The molecule has 140 valence electrons. The Morgan fingerprint density at radius 2 is 1.88 bits per heavy atom. The predicted octanol–water partition coefficient (Wildman–Crippen LogP) is 4.20. The topological polar surface area (TPSA) is 42.0 Å². The molecule has 26 heavy (non-hydrogen) atoms. The number of carbonyl (C=O) groups excluding carboxylic acids is 1. The minimum atomic E-state index is -0.0182.